The molecule has 0 spiro atoms. The van der Waals surface area contributed by atoms with Crippen molar-refractivity contribution in [3.05, 3.63) is 64.7 Å². The van der Waals surface area contributed by atoms with Crippen molar-refractivity contribution in [2.45, 2.75) is 33.1 Å². The van der Waals surface area contributed by atoms with E-state index in [1.54, 1.807) is 0 Å². The monoisotopic (exact) mass is 472 g/mol. The zero-order chi connectivity index (χ0) is 24.2. The Bertz CT molecular complexity index is 1200. The van der Waals surface area contributed by atoms with Gasteiger partial charge in [0.1, 0.15) is 0 Å². The van der Waals surface area contributed by atoms with Crippen molar-refractivity contribution < 1.29 is 9.53 Å². The SMILES string of the molecule is Cc1cccc(CC(=O)c2ccc(C)c(Nc3nc(N4CCCC4)nc(N4CCOCC4)n3)c2)c1. The third-order valence-corrected chi connectivity index (χ3v) is 6.55. The summed E-state index contributed by atoms with van der Waals surface area (Å²) < 4.78 is 5.51. The molecule has 0 saturated carbocycles. The summed E-state index contributed by atoms with van der Waals surface area (Å²) in [4.78, 5) is 31.7. The molecule has 2 aliphatic rings. The first-order chi connectivity index (χ1) is 17.0. The predicted octanol–water partition coefficient (Wildman–Crippen LogP) is 4.09. The van der Waals surface area contributed by atoms with E-state index in [4.69, 9.17) is 19.7 Å². The van der Waals surface area contributed by atoms with Crippen molar-refractivity contribution >= 4 is 29.3 Å². The second-order valence-electron chi connectivity index (χ2n) is 9.30. The Kier molecular flexibility index (Phi) is 6.90. The van der Waals surface area contributed by atoms with Crippen LogP contribution in [0.1, 0.15) is 39.9 Å². The summed E-state index contributed by atoms with van der Waals surface area (Å²) in [5.41, 5.74) is 4.69. The molecular weight excluding hydrogens is 440 g/mol. The highest BCUT2D eigenvalue weighted by atomic mass is 16.5. The van der Waals surface area contributed by atoms with E-state index in [2.05, 4.69) is 21.2 Å². The molecule has 3 heterocycles. The zero-order valence-corrected chi connectivity index (χ0v) is 20.5. The van der Waals surface area contributed by atoms with Gasteiger partial charge in [0.25, 0.3) is 0 Å². The molecule has 0 amide bonds. The third kappa shape index (κ3) is 5.59. The molecule has 0 unspecified atom stereocenters. The maximum Gasteiger partial charge on any atom is 0.233 e. The Labute approximate surface area is 206 Å². The largest absolute Gasteiger partial charge is 0.378 e. The number of carbonyl (C=O) groups is 1. The van der Waals surface area contributed by atoms with Crippen LogP contribution in [-0.2, 0) is 11.2 Å². The van der Waals surface area contributed by atoms with Crippen LogP contribution in [0.25, 0.3) is 0 Å². The van der Waals surface area contributed by atoms with Crippen LogP contribution < -0.4 is 15.1 Å². The number of morpholine rings is 1. The van der Waals surface area contributed by atoms with E-state index in [1.165, 1.54) is 0 Å². The van der Waals surface area contributed by atoms with Crippen LogP contribution in [0.3, 0.4) is 0 Å². The van der Waals surface area contributed by atoms with Crippen LogP contribution >= 0.6 is 0 Å². The van der Waals surface area contributed by atoms with E-state index in [0.29, 0.717) is 43.0 Å². The average molecular weight is 473 g/mol. The van der Waals surface area contributed by atoms with Gasteiger partial charge in [-0.25, -0.2) is 0 Å². The highest BCUT2D eigenvalue weighted by Crippen LogP contribution is 2.25. The molecule has 8 heteroatoms. The Morgan fingerprint density at radius 3 is 2.34 bits per heavy atom. The molecule has 2 aliphatic heterocycles. The summed E-state index contributed by atoms with van der Waals surface area (Å²) in [5.74, 6) is 1.94. The quantitative estimate of drug-likeness (QED) is 0.515. The minimum Gasteiger partial charge on any atom is -0.378 e. The number of ether oxygens (including phenoxy) is 1. The molecule has 0 bridgehead atoms. The van der Waals surface area contributed by atoms with E-state index in [9.17, 15) is 4.79 Å². The number of anilines is 4. The lowest BCUT2D eigenvalue weighted by Gasteiger charge is -2.28. The fraction of sp³-hybridized carbons (Fsp3) is 0.407. The maximum atomic E-state index is 13.0. The first kappa shape index (κ1) is 23.2. The van der Waals surface area contributed by atoms with Crippen molar-refractivity contribution in [3.8, 4) is 0 Å². The summed E-state index contributed by atoms with van der Waals surface area (Å²) in [6.45, 7) is 8.80. The number of carbonyl (C=O) groups excluding carboxylic acids is 1. The van der Waals surface area contributed by atoms with Gasteiger partial charge in [-0.05, 0) is 43.9 Å². The molecule has 2 fully saturated rings. The first-order valence-electron chi connectivity index (χ1n) is 12.4. The smallest absolute Gasteiger partial charge is 0.233 e. The number of Topliss-reactive ketones (excluding diaryl/α,β-unsaturated/α-hetero) is 1. The van der Waals surface area contributed by atoms with Crippen molar-refractivity contribution in [2.75, 3.05) is 54.5 Å². The predicted molar refractivity (Wildman–Crippen MR) is 138 cm³/mol. The standard InChI is InChI=1S/C27H32N6O2/c1-19-6-5-7-21(16-19)17-24(34)22-9-8-20(2)23(18-22)28-25-29-26(32-10-3-4-11-32)31-27(30-25)33-12-14-35-15-13-33/h5-9,16,18H,3-4,10-15,17H2,1-2H3,(H,28,29,30,31). The van der Waals surface area contributed by atoms with Gasteiger partial charge in [0.05, 0.1) is 13.2 Å². The van der Waals surface area contributed by atoms with Gasteiger partial charge in [-0.1, -0.05) is 42.0 Å². The number of aryl methyl sites for hydroxylation is 2. The molecule has 1 N–H and O–H groups in total. The van der Waals surface area contributed by atoms with Crippen LogP contribution in [0, 0.1) is 13.8 Å². The second-order valence-corrected chi connectivity index (χ2v) is 9.30. The summed E-state index contributed by atoms with van der Waals surface area (Å²) in [6.07, 6.45) is 2.66. The van der Waals surface area contributed by atoms with Gasteiger partial charge in [0.15, 0.2) is 5.78 Å². The van der Waals surface area contributed by atoms with E-state index in [-0.39, 0.29) is 5.78 Å². The molecule has 1 aromatic heterocycles. The molecule has 2 aromatic carbocycles. The summed E-state index contributed by atoms with van der Waals surface area (Å²) in [5, 5.41) is 3.38. The number of aromatic nitrogens is 3. The normalized spacial score (nSPS) is 15.9. The zero-order valence-electron chi connectivity index (χ0n) is 20.5. The number of ketones is 1. The van der Waals surface area contributed by atoms with Crippen molar-refractivity contribution in [2.24, 2.45) is 0 Å². The Morgan fingerprint density at radius 1 is 0.914 bits per heavy atom. The lowest BCUT2D eigenvalue weighted by atomic mass is 10.00. The van der Waals surface area contributed by atoms with E-state index >= 15 is 0 Å². The molecular formula is C27H32N6O2. The van der Waals surface area contributed by atoms with Gasteiger partial charge < -0.3 is 19.9 Å². The van der Waals surface area contributed by atoms with Crippen molar-refractivity contribution in [1.29, 1.82) is 0 Å². The van der Waals surface area contributed by atoms with Crippen LogP contribution in [0.2, 0.25) is 0 Å². The highest BCUT2D eigenvalue weighted by Gasteiger charge is 2.21. The first-order valence-corrected chi connectivity index (χ1v) is 12.4. The topological polar surface area (TPSA) is 83.5 Å². The number of hydrogen-bond acceptors (Lipinski definition) is 8. The number of hydrogen-bond donors (Lipinski definition) is 1. The van der Waals surface area contributed by atoms with Gasteiger partial charge in [0, 0.05) is 43.9 Å². The van der Waals surface area contributed by atoms with E-state index in [0.717, 1.165) is 61.4 Å². The van der Waals surface area contributed by atoms with Gasteiger partial charge >= 0.3 is 0 Å². The fourth-order valence-electron chi connectivity index (χ4n) is 4.53. The lowest BCUT2D eigenvalue weighted by Crippen LogP contribution is -2.38. The van der Waals surface area contributed by atoms with Crippen LogP contribution in [0.4, 0.5) is 23.5 Å². The molecule has 8 nitrogen and oxygen atoms in total. The van der Waals surface area contributed by atoms with Crippen molar-refractivity contribution in [3.63, 3.8) is 0 Å². The van der Waals surface area contributed by atoms with Crippen molar-refractivity contribution in [1.82, 2.24) is 15.0 Å². The van der Waals surface area contributed by atoms with Crippen LogP contribution in [0.15, 0.2) is 42.5 Å². The molecule has 0 radical (unpaired) electrons. The highest BCUT2D eigenvalue weighted by molar-refractivity contribution is 5.98. The fourth-order valence-corrected chi connectivity index (χ4v) is 4.53. The van der Waals surface area contributed by atoms with Gasteiger partial charge in [-0.3, -0.25) is 4.79 Å². The molecule has 3 aromatic rings. The Hall–Kier alpha value is -3.52. The second kappa shape index (κ2) is 10.4. The molecule has 35 heavy (non-hydrogen) atoms. The van der Waals surface area contributed by atoms with E-state index in [1.807, 2.05) is 50.2 Å². The molecule has 0 atom stereocenters. The van der Waals surface area contributed by atoms with Crippen LogP contribution in [0.5, 0.6) is 0 Å². The van der Waals surface area contributed by atoms with Crippen LogP contribution in [-0.4, -0.2) is 60.1 Å². The number of nitrogens with zero attached hydrogens (tertiary/aromatic N) is 5. The minimum absolute atomic E-state index is 0.0843. The summed E-state index contributed by atoms with van der Waals surface area (Å²) >= 11 is 0. The molecule has 0 aliphatic carbocycles. The Morgan fingerprint density at radius 2 is 1.63 bits per heavy atom. The third-order valence-electron chi connectivity index (χ3n) is 6.55. The minimum atomic E-state index is 0.0843. The number of benzene rings is 2. The molecule has 182 valence electrons. The van der Waals surface area contributed by atoms with E-state index < -0.39 is 0 Å². The van der Waals surface area contributed by atoms with Gasteiger partial charge in [-0.15, -0.1) is 0 Å². The number of rotatable bonds is 7. The summed E-state index contributed by atoms with van der Waals surface area (Å²) in [6, 6.07) is 13.8. The number of nitrogens with one attached hydrogen (secondary N) is 1. The Balaban J connectivity index is 1.41. The molecule has 5 rings (SSSR count). The average Bonchev–Trinajstić information content (AvgIpc) is 3.41. The van der Waals surface area contributed by atoms with Gasteiger partial charge in [-0.2, -0.15) is 15.0 Å². The molecule has 2 saturated heterocycles. The maximum absolute atomic E-state index is 13.0. The van der Waals surface area contributed by atoms with Gasteiger partial charge in [0.2, 0.25) is 17.8 Å². The lowest BCUT2D eigenvalue weighted by molar-refractivity contribution is 0.0993. The summed E-state index contributed by atoms with van der Waals surface area (Å²) in [7, 11) is 0.